The van der Waals surface area contributed by atoms with E-state index >= 15 is 0 Å². The van der Waals surface area contributed by atoms with Crippen LogP contribution in [0.2, 0.25) is 10.0 Å². The molecule has 1 aromatic rings. The smallest absolute Gasteiger partial charge is 0.356 e. The van der Waals surface area contributed by atoms with Gasteiger partial charge in [0.05, 0.1) is 28.4 Å². The lowest BCUT2D eigenvalue weighted by Crippen LogP contribution is -2.42. The van der Waals surface area contributed by atoms with Crippen molar-refractivity contribution in [2.45, 2.75) is 6.04 Å². The van der Waals surface area contributed by atoms with E-state index in [1.165, 1.54) is 25.3 Å². The van der Waals surface area contributed by atoms with Crippen LogP contribution in [0.4, 0.5) is 5.69 Å². The Morgan fingerprint density at radius 1 is 1.27 bits per heavy atom. The summed E-state index contributed by atoms with van der Waals surface area (Å²) >= 11 is 11.7. The summed E-state index contributed by atoms with van der Waals surface area (Å²) in [4.78, 5) is 37.5. The summed E-state index contributed by atoms with van der Waals surface area (Å²) < 4.78 is 4.58. The highest BCUT2D eigenvalue weighted by atomic mass is 35.5. The van der Waals surface area contributed by atoms with E-state index in [-0.39, 0.29) is 22.0 Å². The fraction of sp³-hybridized carbons (Fsp3) is 0.154. The minimum atomic E-state index is -0.948. The highest BCUT2D eigenvalue weighted by Crippen LogP contribution is 2.33. The highest BCUT2D eigenvalue weighted by molar-refractivity contribution is 6.42. The van der Waals surface area contributed by atoms with Crippen LogP contribution in [0, 0.1) is 0 Å². The number of fused-ring (bicyclic) bond motifs is 1. The van der Waals surface area contributed by atoms with Crippen molar-refractivity contribution in [1.82, 2.24) is 10.9 Å². The molecule has 2 N–H and O–H groups in total. The van der Waals surface area contributed by atoms with Gasteiger partial charge >= 0.3 is 5.97 Å². The second-order valence-electron chi connectivity index (χ2n) is 4.56. The molecule has 9 heteroatoms. The molecule has 0 saturated carbocycles. The number of hydrazine groups is 1. The summed E-state index contributed by atoms with van der Waals surface area (Å²) in [5.41, 5.74) is 5.31. The van der Waals surface area contributed by atoms with Crippen molar-refractivity contribution in [2.24, 2.45) is 0 Å². The van der Waals surface area contributed by atoms with Crippen molar-refractivity contribution in [3.63, 3.8) is 0 Å². The summed E-state index contributed by atoms with van der Waals surface area (Å²) in [6.45, 7) is 0. The molecule has 2 heterocycles. The third kappa shape index (κ3) is 2.06. The first kappa shape index (κ1) is 14.8. The van der Waals surface area contributed by atoms with Crippen molar-refractivity contribution in [3.05, 3.63) is 39.5 Å². The number of imide groups is 1. The van der Waals surface area contributed by atoms with E-state index in [2.05, 4.69) is 15.6 Å². The van der Waals surface area contributed by atoms with E-state index in [0.29, 0.717) is 5.02 Å². The third-order valence-electron chi connectivity index (χ3n) is 3.35. The number of carbonyl (C=O) groups excluding carboxylic acids is 3. The van der Waals surface area contributed by atoms with E-state index < -0.39 is 23.8 Å². The van der Waals surface area contributed by atoms with Gasteiger partial charge in [-0.25, -0.2) is 15.1 Å². The fourth-order valence-corrected chi connectivity index (χ4v) is 2.62. The number of nitrogens with one attached hydrogen (secondary N) is 2. The lowest BCUT2D eigenvalue weighted by molar-refractivity contribution is -0.137. The lowest BCUT2D eigenvalue weighted by Gasteiger charge is -2.16. The number of benzene rings is 1. The van der Waals surface area contributed by atoms with Crippen molar-refractivity contribution >= 4 is 46.7 Å². The summed E-state index contributed by atoms with van der Waals surface area (Å²) in [6.07, 6.45) is 0. The number of hydrogen-bond acceptors (Lipinski definition) is 6. The molecular weight excluding hydrogens is 333 g/mol. The molecule has 22 heavy (non-hydrogen) atoms. The van der Waals surface area contributed by atoms with Gasteiger partial charge in [-0.15, -0.1) is 0 Å². The van der Waals surface area contributed by atoms with Crippen LogP contribution in [-0.4, -0.2) is 30.9 Å². The number of anilines is 1. The molecule has 1 saturated heterocycles. The van der Waals surface area contributed by atoms with Gasteiger partial charge in [0.1, 0.15) is 11.7 Å². The maximum atomic E-state index is 12.5. The number of nitrogens with zero attached hydrogens (tertiary/aromatic N) is 1. The molecule has 2 aliphatic rings. The first-order chi connectivity index (χ1) is 10.5. The largest absolute Gasteiger partial charge is 0.464 e. The van der Waals surface area contributed by atoms with E-state index in [4.69, 9.17) is 23.2 Å². The normalized spacial score (nSPS) is 20.3. The zero-order chi connectivity index (χ0) is 16.0. The van der Waals surface area contributed by atoms with Crippen LogP contribution in [0.5, 0.6) is 0 Å². The van der Waals surface area contributed by atoms with Crippen LogP contribution >= 0.6 is 23.2 Å². The molecule has 114 valence electrons. The average molecular weight is 342 g/mol. The number of carbonyl (C=O) groups is 3. The van der Waals surface area contributed by atoms with Crippen molar-refractivity contribution in [2.75, 3.05) is 12.0 Å². The van der Waals surface area contributed by atoms with Crippen LogP contribution in [0.25, 0.3) is 0 Å². The molecule has 1 fully saturated rings. The van der Waals surface area contributed by atoms with Gasteiger partial charge in [-0.1, -0.05) is 23.2 Å². The summed E-state index contributed by atoms with van der Waals surface area (Å²) in [5, 5.41) is 0.518. The molecule has 0 radical (unpaired) electrons. The molecular formula is C13H9Cl2N3O4. The fourth-order valence-electron chi connectivity index (χ4n) is 2.33. The van der Waals surface area contributed by atoms with Crippen LogP contribution in [-0.2, 0) is 19.1 Å². The van der Waals surface area contributed by atoms with Gasteiger partial charge < -0.3 is 10.2 Å². The van der Waals surface area contributed by atoms with Crippen molar-refractivity contribution in [1.29, 1.82) is 0 Å². The zero-order valence-corrected chi connectivity index (χ0v) is 12.7. The van der Waals surface area contributed by atoms with Crippen molar-refractivity contribution < 1.29 is 19.1 Å². The van der Waals surface area contributed by atoms with E-state index in [0.717, 1.165) is 4.90 Å². The minimum absolute atomic E-state index is 0.0166. The molecule has 1 atom stereocenters. The molecule has 7 nitrogen and oxygen atoms in total. The van der Waals surface area contributed by atoms with Crippen molar-refractivity contribution in [3.8, 4) is 0 Å². The maximum absolute atomic E-state index is 12.5. The van der Waals surface area contributed by atoms with Gasteiger partial charge in [-0.3, -0.25) is 9.59 Å². The number of methoxy groups -OCH3 is 1. The Kier molecular flexibility index (Phi) is 3.56. The molecule has 1 unspecified atom stereocenters. The Balaban J connectivity index is 2.06. The molecule has 2 aliphatic heterocycles. The standard InChI is InChI=1S/C13H9Cl2N3O4/c1-22-13(21)10-8-9(16-17-10)12(20)18(11(8)19)5-2-3-6(14)7(15)4-5/h2-4,9,16-17H,1H3. The quantitative estimate of drug-likeness (QED) is 0.610. The highest BCUT2D eigenvalue weighted by Gasteiger charge is 2.50. The minimum Gasteiger partial charge on any atom is -0.464 e. The Labute approximate surface area is 134 Å². The Hall–Kier alpha value is -2.09. The van der Waals surface area contributed by atoms with Crippen LogP contribution < -0.4 is 15.8 Å². The van der Waals surface area contributed by atoms with Gasteiger partial charge in [0.2, 0.25) is 0 Å². The molecule has 0 aromatic heterocycles. The van der Waals surface area contributed by atoms with Gasteiger partial charge in [0.15, 0.2) is 0 Å². The third-order valence-corrected chi connectivity index (χ3v) is 4.09. The summed E-state index contributed by atoms with van der Waals surface area (Å²) in [7, 11) is 1.18. The molecule has 2 amide bonds. The van der Waals surface area contributed by atoms with Gasteiger partial charge in [-0.2, -0.15) is 0 Å². The number of hydrogen-bond donors (Lipinski definition) is 2. The van der Waals surface area contributed by atoms with Gasteiger partial charge in [0.25, 0.3) is 11.8 Å². The molecule has 0 bridgehead atoms. The predicted molar refractivity (Wildman–Crippen MR) is 78.1 cm³/mol. The predicted octanol–water partition coefficient (Wildman–Crippen LogP) is 0.770. The van der Waals surface area contributed by atoms with E-state index in [1.54, 1.807) is 0 Å². The Morgan fingerprint density at radius 3 is 2.64 bits per heavy atom. The molecule has 0 spiro atoms. The number of ether oxygens (including phenoxy) is 1. The Morgan fingerprint density at radius 2 is 2.00 bits per heavy atom. The Bertz CT molecular complexity index is 747. The molecule has 3 rings (SSSR count). The van der Waals surface area contributed by atoms with E-state index in [1.807, 2.05) is 0 Å². The molecule has 0 aliphatic carbocycles. The first-order valence-electron chi connectivity index (χ1n) is 6.13. The van der Waals surface area contributed by atoms with Crippen LogP contribution in [0.3, 0.4) is 0 Å². The zero-order valence-electron chi connectivity index (χ0n) is 11.1. The second kappa shape index (κ2) is 5.28. The number of halogens is 2. The average Bonchev–Trinajstić information content (AvgIpc) is 3.03. The second-order valence-corrected chi connectivity index (χ2v) is 5.37. The first-order valence-corrected chi connectivity index (χ1v) is 6.88. The van der Waals surface area contributed by atoms with Gasteiger partial charge in [-0.05, 0) is 18.2 Å². The van der Waals surface area contributed by atoms with E-state index in [9.17, 15) is 14.4 Å². The monoisotopic (exact) mass is 341 g/mol. The number of esters is 1. The summed E-state index contributed by atoms with van der Waals surface area (Å²) in [5.74, 6) is -1.88. The van der Waals surface area contributed by atoms with Crippen LogP contribution in [0.15, 0.2) is 29.5 Å². The topological polar surface area (TPSA) is 87.7 Å². The SMILES string of the molecule is COC(=O)C1=C2C(=O)N(c3ccc(Cl)c(Cl)c3)C(=O)C2NN1. The summed E-state index contributed by atoms with van der Waals surface area (Å²) in [6, 6.07) is 3.44. The molecule has 1 aromatic carbocycles. The maximum Gasteiger partial charge on any atom is 0.356 e. The lowest BCUT2D eigenvalue weighted by atomic mass is 10.1. The van der Waals surface area contributed by atoms with Crippen LogP contribution in [0.1, 0.15) is 0 Å². The number of amides is 2. The van der Waals surface area contributed by atoms with Gasteiger partial charge in [0, 0.05) is 0 Å². The number of rotatable bonds is 2.